The molecule has 0 aromatic carbocycles. The zero-order valence-electron chi connectivity index (χ0n) is 17.1. The summed E-state index contributed by atoms with van der Waals surface area (Å²) in [6, 6.07) is 0.190. The molecule has 0 radical (unpaired) electrons. The second-order valence-corrected chi connectivity index (χ2v) is 8.67. The van der Waals surface area contributed by atoms with Gasteiger partial charge in [-0.2, -0.15) is 9.37 Å². The number of anilines is 1. The number of nitrogens with two attached hydrogens (primary N) is 1. The van der Waals surface area contributed by atoms with Crippen molar-refractivity contribution in [3.05, 3.63) is 11.5 Å². The zero-order chi connectivity index (χ0) is 21.5. The number of likely N-dealkylation sites (tertiary alicyclic amines) is 1. The molecular weight excluding hydrogens is 393 g/mol. The van der Waals surface area contributed by atoms with E-state index < -0.39 is 23.2 Å². The number of nitrogens with zero attached hydrogens (tertiary/aromatic N) is 4. The maximum Gasteiger partial charge on any atom is 0.411 e. The molecule has 3 heterocycles. The van der Waals surface area contributed by atoms with Gasteiger partial charge in [0.1, 0.15) is 0 Å². The Morgan fingerprint density at radius 1 is 1.23 bits per heavy atom. The van der Waals surface area contributed by atoms with Crippen molar-refractivity contribution in [1.29, 1.82) is 0 Å². The molecule has 0 unspecified atom stereocenters. The smallest absolute Gasteiger partial charge is 0.393 e. The first-order valence-corrected chi connectivity index (χ1v) is 10.5. The molecule has 9 nitrogen and oxygen atoms in total. The van der Waals surface area contributed by atoms with Crippen molar-refractivity contribution in [2.45, 2.75) is 64.0 Å². The molecule has 1 saturated carbocycles. The highest BCUT2D eigenvalue weighted by Gasteiger charge is 2.51. The number of carbonyl (C=O) groups excluding carboxylic acids is 2. The summed E-state index contributed by atoms with van der Waals surface area (Å²) in [5.41, 5.74) is 4.55. The van der Waals surface area contributed by atoms with Crippen LogP contribution in [0.2, 0.25) is 0 Å². The summed E-state index contributed by atoms with van der Waals surface area (Å²) < 4.78 is 18.9. The normalized spacial score (nSPS) is 29.5. The van der Waals surface area contributed by atoms with Gasteiger partial charge < -0.3 is 25.4 Å². The minimum Gasteiger partial charge on any atom is -0.393 e. The average molecular weight is 421 g/mol. The summed E-state index contributed by atoms with van der Waals surface area (Å²) in [5.74, 6) is -0.936. The van der Waals surface area contributed by atoms with Gasteiger partial charge in [-0.3, -0.25) is 4.79 Å². The lowest BCUT2D eigenvalue weighted by Crippen LogP contribution is -2.50. The van der Waals surface area contributed by atoms with Crippen molar-refractivity contribution in [2.24, 2.45) is 11.1 Å². The first-order valence-electron chi connectivity index (χ1n) is 10.5. The lowest BCUT2D eigenvalue weighted by atomic mass is 9.78. The Labute approximate surface area is 174 Å². The molecule has 3 N–H and O–H groups in total. The summed E-state index contributed by atoms with van der Waals surface area (Å²) in [6.07, 6.45) is 4.07. The van der Waals surface area contributed by atoms with Gasteiger partial charge in [0.15, 0.2) is 0 Å². The van der Waals surface area contributed by atoms with Gasteiger partial charge in [-0.15, -0.1) is 0 Å². The van der Waals surface area contributed by atoms with Crippen LogP contribution < -0.4 is 15.4 Å². The van der Waals surface area contributed by atoms with Gasteiger partial charge in [-0.05, 0) is 51.9 Å². The SMILES string of the molecule is Cc1nc(N2CCC[C@@]3(CCN(C4CCC(O)CC4)C3=O)C2)nc(OC(N)=O)c1F. The molecule has 1 aliphatic carbocycles. The van der Waals surface area contributed by atoms with Crippen molar-refractivity contribution in [1.82, 2.24) is 14.9 Å². The van der Waals surface area contributed by atoms with Crippen molar-refractivity contribution in [3.8, 4) is 5.88 Å². The number of aliphatic hydroxyl groups excluding tert-OH is 1. The Hall–Kier alpha value is -2.49. The Kier molecular flexibility index (Phi) is 5.52. The van der Waals surface area contributed by atoms with Gasteiger partial charge in [0.05, 0.1) is 17.2 Å². The van der Waals surface area contributed by atoms with Crippen LogP contribution >= 0.6 is 0 Å². The third-order valence-electron chi connectivity index (χ3n) is 6.68. The predicted molar refractivity (Wildman–Crippen MR) is 105 cm³/mol. The van der Waals surface area contributed by atoms with Crippen LogP contribution in [-0.4, -0.2) is 63.8 Å². The van der Waals surface area contributed by atoms with E-state index in [1.165, 1.54) is 6.92 Å². The maximum absolute atomic E-state index is 14.2. The summed E-state index contributed by atoms with van der Waals surface area (Å²) in [6.45, 7) is 3.26. The quantitative estimate of drug-likeness (QED) is 0.758. The monoisotopic (exact) mass is 421 g/mol. The Morgan fingerprint density at radius 2 is 1.97 bits per heavy atom. The summed E-state index contributed by atoms with van der Waals surface area (Å²) >= 11 is 0. The molecule has 0 bridgehead atoms. The average Bonchev–Trinajstić information content (AvgIpc) is 3.01. The van der Waals surface area contributed by atoms with E-state index in [1.54, 1.807) is 0 Å². The molecular formula is C20H28FN5O4. The number of aryl methyl sites for hydroxylation is 1. The summed E-state index contributed by atoms with van der Waals surface area (Å²) in [5, 5.41) is 9.77. The van der Waals surface area contributed by atoms with Crippen molar-refractivity contribution in [2.75, 3.05) is 24.5 Å². The number of halogens is 1. The summed E-state index contributed by atoms with van der Waals surface area (Å²) in [4.78, 5) is 36.6. The van der Waals surface area contributed by atoms with E-state index in [1.807, 2.05) is 9.80 Å². The minimum absolute atomic E-state index is 0.0519. The van der Waals surface area contributed by atoms with E-state index in [2.05, 4.69) is 9.97 Å². The van der Waals surface area contributed by atoms with Crippen molar-refractivity contribution >= 4 is 17.9 Å². The number of hydrogen-bond acceptors (Lipinski definition) is 7. The molecule has 30 heavy (non-hydrogen) atoms. The van der Waals surface area contributed by atoms with Gasteiger partial charge in [0.25, 0.3) is 5.88 Å². The van der Waals surface area contributed by atoms with E-state index in [-0.39, 0.29) is 29.7 Å². The molecule has 2 saturated heterocycles. The number of carbonyl (C=O) groups is 2. The highest BCUT2D eigenvalue weighted by Crippen LogP contribution is 2.43. The molecule has 2 aliphatic heterocycles. The Balaban J connectivity index is 1.53. The molecule has 1 aromatic heterocycles. The number of aromatic nitrogens is 2. The van der Waals surface area contributed by atoms with E-state index >= 15 is 0 Å². The predicted octanol–water partition coefficient (Wildman–Crippen LogP) is 1.50. The van der Waals surface area contributed by atoms with Gasteiger partial charge >= 0.3 is 6.09 Å². The first kappa shape index (κ1) is 20.8. The topological polar surface area (TPSA) is 122 Å². The second kappa shape index (κ2) is 7.98. The minimum atomic E-state index is -1.15. The lowest BCUT2D eigenvalue weighted by Gasteiger charge is -2.40. The highest BCUT2D eigenvalue weighted by molar-refractivity contribution is 5.86. The number of hydrogen-bond donors (Lipinski definition) is 2. The van der Waals surface area contributed by atoms with E-state index in [0.717, 1.165) is 44.9 Å². The fourth-order valence-electron chi connectivity index (χ4n) is 5.07. The van der Waals surface area contributed by atoms with Crippen LogP contribution in [0.3, 0.4) is 0 Å². The highest BCUT2D eigenvalue weighted by atomic mass is 19.1. The van der Waals surface area contributed by atoms with E-state index in [9.17, 15) is 19.1 Å². The molecule has 164 valence electrons. The van der Waals surface area contributed by atoms with Crippen LogP contribution in [0.5, 0.6) is 5.88 Å². The van der Waals surface area contributed by atoms with Crippen LogP contribution in [0.1, 0.15) is 50.6 Å². The standard InChI is InChI=1S/C20H28FN5O4/c1-12-15(21)16(30-18(22)29)24-19(23-12)25-9-2-7-20(11-25)8-10-26(17(20)28)13-3-5-14(27)6-4-13/h13-14,27H,2-11H2,1H3,(H2,22,29)/t13?,14?,20-/m1/s1. The maximum atomic E-state index is 14.2. The number of primary amides is 1. The molecule has 2 amide bonds. The van der Waals surface area contributed by atoms with Crippen molar-refractivity contribution in [3.63, 3.8) is 0 Å². The van der Waals surface area contributed by atoms with Crippen molar-refractivity contribution < 1.29 is 23.8 Å². The molecule has 1 spiro atoms. The third kappa shape index (κ3) is 3.80. The zero-order valence-corrected chi connectivity index (χ0v) is 17.1. The van der Waals surface area contributed by atoms with E-state index in [4.69, 9.17) is 10.5 Å². The summed E-state index contributed by atoms with van der Waals surface area (Å²) in [7, 11) is 0. The molecule has 3 aliphatic rings. The second-order valence-electron chi connectivity index (χ2n) is 8.67. The van der Waals surface area contributed by atoms with Gasteiger partial charge in [-0.25, -0.2) is 9.78 Å². The number of aliphatic hydroxyl groups is 1. The molecule has 1 atom stereocenters. The van der Waals surface area contributed by atoms with Gasteiger partial charge in [0, 0.05) is 25.7 Å². The molecule has 4 rings (SSSR count). The van der Waals surface area contributed by atoms with Crippen LogP contribution in [0.15, 0.2) is 0 Å². The molecule has 10 heteroatoms. The van der Waals surface area contributed by atoms with Gasteiger partial charge in [0.2, 0.25) is 17.7 Å². The lowest BCUT2D eigenvalue weighted by molar-refractivity contribution is -0.139. The Bertz CT molecular complexity index is 845. The fraction of sp³-hybridized carbons (Fsp3) is 0.700. The van der Waals surface area contributed by atoms with Gasteiger partial charge in [-0.1, -0.05) is 0 Å². The number of rotatable bonds is 3. The molecule has 1 aromatic rings. The van der Waals surface area contributed by atoms with Crippen LogP contribution in [0.25, 0.3) is 0 Å². The number of ether oxygens (including phenoxy) is 1. The van der Waals surface area contributed by atoms with Crippen LogP contribution in [0, 0.1) is 18.2 Å². The largest absolute Gasteiger partial charge is 0.411 e. The van der Waals surface area contributed by atoms with Crippen LogP contribution in [0.4, 0.5) is 15.1 Å². The number of amides is 2. The first-order chi connectivity index (χ1) is 14.3. The fourth-order valence-corrected chi connectivity index (χ4v) is 5.07. The molecule has 3 fully saturated rings. The third-order valence-corrected chi connectivity index (χ3v) is 6.68. The number of piperidine rings is 1. The van der Waals surface area contributed by atoms with Crippen LogP contribution in [-0.2, 0) is 4.79 Å². The van der Waals surface area contributed by atoms with E-state index in [0.29, 0.717) is 19.6 Å². The Morgan fingerprint density at radius 3 is 2.67 bits per heavy atom.